The molecule has 0 aromatic heterocycles. The van der Waals surface area contributed by atoms with E-state index >= 15 is 0 Å². The molecule has 136 valence electrons. The molecular weight excluding hydrogens is 348 g/mol. The highest BCUT2D eigenvalue weighted by molar-refractivity contribution is 6.30. The molecule has 4 aliphatic rings. The first-order valence-electron chi connectivity index (χ1n) is 9.34. The lowest BCUT2D eigenvalue weighted by molar-refractivity contribution is 0.0696. The van der Waals surface area contributed by atoms with Gasteiger partial charge in [-0.3, -0.25) is 0 Å². The summed E-state index contributed by atoms with van der Waals surface area (Å²) in [4.78, 5) is 5.07. The Morgan fingerprint density at radius 1 is 1.12 bits per heavy atom. The van der Waals surface area contributed by atoms with Crippen LogP contribution in [0, 0.1) is 5.92 Å². The van der Waals surface area contributed by atoms with Gasteiger partial charge in [-0.1, -0.05) is 23.7 Å². The fraction of sp³-hybridized carbons (Fsp3) is 0.429. The molecule has 2 atom stereocenters. The molecule has 0 N–H and O–H groups in total. The molecule has 3 saturated heterocycles. The number of nitrogens with zero attached hydrogens (tertiary/aromatic N) is 2. The number of hydrogen-bond acceptors (Lipinski definition) is 4. The van der Waals surface area contributed by atoms with Crippen LogP contribution < -0.4 is 14.4 Å². The molecular formula is C21H23ClN2O2. The van der Waals surface area contributed by atoms with Crippen LogP contribution >= 0.6 is 11.6 Å². The van der Waals surface area contributed by atoms with Gasteiger partial charge in [0.05, 0.1) is 18.4 Å². The van der Waals surface area contributed by atoms with Crippen molar-refractivity contribution in [2.45, 2.75) is 25.1 Å². The summed E-state index contributed by atoms with van der Waals surface area (Å²) in [6.07, 6.45) is 2.37. The number of rotatable bonds is 3. The summed E-state index contributed by atoms with van der Waals surface area (Å²) < 4.78 is 12.1. The van der Waals surface area contributed by atoms with Gasteiger partial charge in [-0.2, -0.15) is 0 Å². The first kappa shape index (κ1) is 16.3. The van der Waals surface area contributed by atoms with E-state index in [0.717, 1.165) is 29.5 Å². The zero-order valence-corrected chi connectivity index (χ0v) is 15.7. The zero-order chi connectivity index (χ0) is 17.7. The van der Waals surface area contributed by atoms with Crippen LogP contribution in [0.5, 0.6) is 11.5 Å². The Morgan fingerprint density at radius 2 is 1.92 bits per heavy atom. The molecule has 2 bridgehead atoms. The third-order valence-electron chi connectivity index (χ3n) is 6.08. The van der Waals surface area contributed by atoms with Crippen LogP contribution in [0.15, 0.2) is 42.5 Å². The van der Waals surface area contributed by atoms with Crippen molar-refractivity contribution in [1.29, 1.82) is 0 Å². The zero-order valence-electron chi connectivity index (χ0n) is 14.9. The second-order valence-corrected chi connectivity index (χ2v) is 7.87. The number of piperidine rings is 3. The summed E-state index contributed by atoms with van der Waals surface area (Å²) in [6.45, 7) is 3.56. The third-order valence-corrected chi connectivity index (χ3v) is 6.31. The Balaban J connectivity index is 1.59. The molecule has 2 aromatic carbocycles. The minimum absolute atomic E-state index is 0.176. The summed E-state index contributed by atoms with van der Waals surface area (Å²) in [5.41, 5.74) is 2.22. The molecule has 4 nitrogen and oxygen atoms in total. The second-order valence-electron chi connectivity index (χ2n) is 7.44. The van der Waals surface area contributed by atoms with Crippen molar-refractivity contribution in [3.63, 3.8) is 0 Å². The van der Waals surface area contributed by atoms with E-state index in [1.54, 1.807) is 7.11 Å². The van der Waals surface area contributed by atoms with E-state index in [0.29, 0.717) is 11.1 Å². The number of ether oxygens (including phenoxy) is 2. The highest BCUT2D eigenvalue weighted by atomic mass is 35.5. The molecule has 0 aliphatic carbocycles. The van der Waals surface area contributed by atoms with Crippen molar-refractivity contribution in [3.8, 4) is 11.5 Å². The van der Waals surface area contributed by atoms with Gasteiger partial charge in [0, 0.05) is 17.6 Å². The normalized spacial score (nSPS) is 29.4. The van der Waals surface area contributed by atoms with Gasteiger partial charge in [-0.25, -0.2) is 0 Å². The number of halogens is 1. The van der Waals surface area contributed by atoms with E-state index in [-0.39, 0.29) is 6.23 Å². The SMILES string of the molecule is COc1cc(Cl)ccc1[C@@H]1Oc2ccccc2N1C1CN2CCC1CC2. The summed E-state index contributed by atoms with van der Waals surface area (Å²) >= 11 is 6.19. The van der Waals surface area contributed by atoms with Crippen LogP contribution in [0.3, 0.4) is 0 Å². The molecule has 0 amide bonds. The molecule has 0 spiro atoms. The van der Waals surface area contributed by atoms with Crippen molar-refractivity contribution in [2.24, 2.45) is 5.92 Å². The summed E-state index contributed by atoms with van der Waals surface area (Å²) in [5.74, 6) is 2.45. The number of para-hydroxylation sites is 2. The number of fused-ring (bicyclic) bond motifs is 4. The van der Waals surface area contributed by atoms with Gasteiger partial charge < -0.3 is 19.3 Å². The Bertz CT molecular complexity index is 819. The molecule has 26 heavy (non-hydrogen) atoms. The molecule has 6 rings (SSSR count). The number of benzene rings is 2. The van der Waals surface area contributed by atoms with Crippen molar-refractivity contribution in [2.75, 3.05) is 31.6 Å². The van der Waals surface area contributed by atoms with Gasteiger partial charge >= 0.3 is 0 Å². The molecule has 2 aromatic rings. The highest BCUT2D eigenvalue weighted by Crippen LogP contribution is 2.49. The second kappa shape index (κ2) is 6.36. The number of anilines is 1. The van der Waals surface area contributed by atoms with Crippen LogP contribution in [0.4, 0.5) is 5.69 Å². The molecule has 4 aliphatic heterocycles. The standard InChI is InChI=1S/C21H23ClN2O2/c1-25-20-12-15(22)6-7-16(20)21-24(17-4-2-3-5-19(17)26-21)18-13-23-10-8-14(18)9-11-23/h2-7,12,14,18,21H,8-11,13H2,1H3/t18?,21-/m0/s1. The van der Waals surface area contributed by atoms with Crippen LogP contribution in [-0.4, -0.2) is 37.7 Å². The fourth-order valence-corrected chi connectivity index (χ4v) is 4.94. The highest BCUT2D eigenvalue weighted by Gasteiger charge is 2.45. The molecule has 1 unspecified atom stereocenters. The van der Waals surface area contributed by atoms with Crippen molar-refractivity contribution < 1.29 is 9.47 Å². The maximum atomic E-state index is 6.43. The van der Waals surface area contributed by atoms with Crippen LogP contribution in [0.2, 0.25) is 5.02 Å². The predicted molar refractivity (Wildman–Crippen MR) is 103 cm³/mol. The van der Waals surface area contributed by atoms with Crippen LogP contribution in [0.1, 0.15) is 24.6 Å². The van der Waals surface area contributed by atoms with Gasteiger partial charge in [-0.15, -0.1) is 0 Å². The van der Waals surface area contributed by atoms with Crippen LogP contribution in [-0.2, 0) is 0 Å². The van der Waals surface area contributed by atoms with E-state index in [1.807, 2.05) is 24.3 Å². The predicted octanol–water partition coefficient (Wildman–Crippen LogP) is 4.34. The lowest BCUT2D eigenvalue weighted by Crippen LogP contribution is -2.58. The number of methoxy groups -OCH3 is 1. The molecule has 5 heteroatoms. The molecule has 4 heterocycles. The largest absolute Gasteiger partial charge is 0.496 e. The van der Waals surface area contributed by atoms with Crippen molar-refractivity contribution in [3.05, 3.63) is 53.1 Å². The Morgan fingerprint density at radius 3 is 2.65 bits per heavy atom. The smallest absolute Gasteiger partial charge is 0.202 e. The van der Waals surface area contributed by atoms with Crippen molar-refractivity contribution >= 4 is 17.3 Å². The van der Waals surface area contributed by atoms with E-state index < -0.39 is 0 Å². The van der Waals surface area contributed by atoms with Gasteiger partial charge in [-0.05, 0) is 62.2 Å². The van der Waals surface area contributed by atoms with Gasteiger partial charge in [0.25, 0.3) is 0 Å². The summed E-state index contributed by atoms with van der Waals surface area (Å²) in [6, 6.07) is 14.7. The Hall–Kier alpha value is -1.91. The van der Waals surface area contributed by atoms with E-state index in [1.165, 1.54) is 31.6 Å². The minimum atomic E-state index is -0.176. The maximum absolute atomic E-state index is 6.43. The first-order valence-corrected chi connectivity index (χ1v) is 9.72. The number of hydrogen-bond donors (Lipinski definition) is 0. The third kappa shape index (κ3) is 2.55. The Kier molecular flexibility index (Phi) is 3.98. The topological polar surface area (TPSA) is 24.9 Å². The minimum Gasteiger partial charge on any atom is -0.496 e. The maximum Gasteiger partial charge on any atom is 0.202 e. The van der Waals surface area contributed by atoms with E-state index in [4.69, 9.17) is 21.1 Å². The lowest BCUT2D eigenvalue weighted by Gasteiger charge is -2.49. The molecule has 0 radical (unpaired) electrons. The summed E-state index contributed by atoms with van der Waals surface area (Å²) in [7, 11) is 1.69. The lowest BCUT2D eigenvalue weighted by atomic mass is 9.82. The summed E-state index contributed by atoms with van der Waals surface area (Å²) in [5, 5.41) is 0.676. The van der Waals surface area contributed by atoms with E-state index in [9.17, 15) is 0 Å². The molecule has 3 fully saturated rings. The van der Waals surface area contributed by atoms with Gasteiger partial charge in [0.2, 0.25) is 6.23 Å². The van der Waals surface area contributed by atoms with Gasteiger partial charge in [0.1, 0.15) is 11.5 Å². The first-order chi connectivity index (χ1) is 12.7. The Labute approximate surface area is 159 Å². The quantitative estimate of drug-likeness (QED) is 0.802. The monoisotopic (exact) mass is 370 g/mol. The van der Waals surface area contributed by atoms with Crippen LogP contribution in [0.25, 0.3) is 0 Å². The average Bonchev–Trinajstić information content (AvgIpc) is 3.07. The van der Waals surface area contributed by atoms with E-state index in [2.05, 4.69) is 28.0 Å². The average molecular weight is 371 g/mol. The van der Waals surface area contributed by atoms with Gasteiger partial charge in [0.15, 0.2) is 0 Å². The fourth-order valence-electron chi connectivity index (χ4n) is 4.78. The van der Waals surface area contributed by atoms with Crippen molar-refractivity contribution in [1.82, 2.24) is 4.90 Å². The molecule has 0 saturated carbocycles.